The number of hydrogen-bond acceptors (Lipinski definition) is 4. The van der Waals surface area contributed by atoms with Gasteiger partial charge in [-0.25, -0.2) is 0 Å². The zero-order chi connectivity index (χ0) is 25.4. The monoisotopic (exact) mass is 496 g/mol. The number of nitrogens with zero attached hydrogens (tertiary/aromatic N) is 2. The lowest BCUT2D eigenvalue weighted by Crippen LogP contribution is -2.48. The third-order valence-corrected chi connectivity index (χ3v) is 8.27. The average molecular weight is 497 g/mol. The number of carbonyl (C=O) groups excluding carboxylic acids is 2. The number of fused-ring (bicyclic) bond motifs is 3. The van der Waals surface area contributed by atoms with E-state index in [0.717, 1.165) is 59.2 Å². The minimum Gasteiger partial charge on any atom is -0.487 e. The zero-order valence-electron chi connectivity index (χ0n) is 21.0. The summed E-state index contributed by atoms with van der Waals surface area (Å²) in [6, 6.07) is 18.4. The van der Waals surface area contributed by atoms with Crippen molar-refractivity contribution in [3.8, 4) is 11.8 Å². The molecule has 3 aliphatic rings. The minimum absolute atomic E-state index is 0.0677. The Morgan fingerprint density at radius 1 is 1.08 bits per heavy atom. The van der Waals surface area contributed by atoms with Crippen LogP contribution in [0, 0.1) is 23.2 Å². The van der Waals surface area contributed by atoms with Gasteiger partial charge < -0.3 is 19.9 Å². The molecule has 3 aromatic rings. The lowest BCUT2D eigenvalue weighted by Gasteiger charge is -2.36. The van der Waals surface area contributed by atoms with Crippen molar-refractivity contribution in [3.63, 3.8) is 0 Å². The van der Waals surface area contributed by atoms with Crippen molar-refractivity contribution in [2.75, 3.05) is 6.54 Å². The van der Waals surface area contributed by atoms with Gasteiger partial charge in [-0.15, -0.1) is 0 Å². The summed E-state index contributed by atoms with van der Waals surface area (Å²) in [6.07, 6.45) is 5.48. The van der Waals surface area contributed by atoms with Gasteiger partial charge in [-0.1, -0.05) is 55.3 Å². The predicted molar refractivity (Wildman–Crippen MR) is 139 cm³/mol. The number of nitrogens with one attached hydrogen (secondary N) is 2. The van der Waals surface area contributed by atoms with Gasteiger partial charge in [0.2, 0.25) is 11.8 Å². The third kappa shape index (κ3) is 4.57. The third-order valence-electron chi connectivity index (χ3n) is 8.27. The molecule has 0 spiro atoms. The van der Waals surface area contributed by atoms with E-state index in [1.165, 1.54) is 0 Å². The van der Waals surface area contributed by atoms with Gasteiger partial charge >= 0.3 is 0 Å². The van der Waals surface area contributed by atoms with Crippen molar-refractivity contribution in [1.29, 1.82) is 5.26 Å². The van der Waals surface area contributed by atoms with Gasteiger partial charge in [0.1, 0.15) is 17.9 Å². The molecule has 0 bridgehead atoms. The van der Waals surface area contributed by atoms with E-state index in [9.17, 15) is 14.9 Å². The molecule has 2 aromatic carbocycles. The second-order valence-electron chi connectivity index (χ2n) is 10.7. The molecule has 1 unspecified atom stereocenters. The maximum atomic E-state index is 13.8. The molecule has 0 saturated heterocycles. The summed E-state index contributed by atoms with van der Waals surface area (Å²) in [6.45, 7) is 1.65. The summed E-state index contributed by atoms with van der Waals surface area (Å²) in [7, 11) is 0. The standard InChI is InChI=1S/C30H32N4O3/c31-19-30(14-15-30)33-28(35)22-9-4-5-10-23(22)29(36)34-16-13-25-24(17-34)21-11-6-12-26(27(21)32-25)37-18-20-7-2-1-3-8-20/h1-3,6-8,11-12,22-23,32H,4-5,9-10,13-18H2,(H,33,35)/t22-,23?/m1/s1. The molecule has 2 aliphatic carbocycles. The fourth-order valence-electron chi connectivity index (χ4n) is 5.95. The second kappa shape index (κ2) is 9.59. The van der Waals surface area contributed by atoms with Crippen molar-refractivity contribution in [3.05, 3.63) is 65.4 Å². The molecule has 6 rings (SSSR count). The molecule has 2 saturated carbocycles. The molecule has 1 aliphatic heterocycles. The molecular formula is C30H32N4O3. The fourth-order valence-corrected chi connectivity index (χ4v) is 5.95. The second-order valence-corrected chi connectivity index (χ2v) is 10.7. The molecule has 2 atom stereocenters. The summed E-state index contributed by atoms with van der Waals surface area (Å²) >= 11 is 0. The summed E-state index contributed by atoms with van der Waals surface area (Å²) in [5.74, 6) is 0.0820. The molecule has 7 heteroatoms. The molecule has 2 heterocycles. The number of ether oxygens (including phenoxy) is 1. The lowest BCUT2D eigenvalue weighted by molar-refractivity contribution is -0.144. The quantitative estimate of drug-likeness (QED) is 0.521. The van der Waals surface area contributed by atoms with E-state index in [4.69, 9.17) is 4.74 Å². The Morgan fingerprint density at radius 3 is 2.62 bits per heavy atom. The van der Waals surface area contributed by atoms with Gasteiger partial charge in [0.05, 0.1) is 11.6 Å². The number of aromatic nitrogens is 1. The van der Waals surface area contributed by atoms with Crippen LogP contribution in [0.1, 0.15) is 55.3 Å². The number of amides is 2. The molecule has 2 amide bonds. The Morgan fingerprint density at radius 2 is 1.86 bits per heavy atom. The summed E-state index contributed by atoms with van der Waals surface area (Å²) in [5, 5.41) is 13.4. The number of aromatic amines is 1. The zero-order valence-corrected chi connectivity index (χ0v) is 21.0. The smallest absolute Gasteiger partial charge is 0.226 e. The molecule has 0 radical (unpaired) electrons. The van der Waals surface area contributed by atoms with Crippen molar-refractivity contribution in [2.45, 2.75) is 63.6 Å². The van der Waals surface area contributed by atoms with Gasteiger partial charge in [-0.3, -0.25) is 9.59 Å². The van der Waals surface area contributed by atoms with E-state index in [1.54, 1.807) is 0 Å². The van der Waals surface area contributed by atoms with Crippen LogP contribution in [-0.2, 0) is 29.2 Å². The van der Waals surface area contributed by atoms with Crippen LogP contribution in [0.3, 0.4) is 0 Å². The Hall–Kier alpha value is -3.79. The summed E-state index contributed by atoms with van der Waals surface area (Å²) < 4.78 is 6.17. The number of nitriles is 1. The van der Waals surface area contributed by atoms with E-state index >= 15 is 0 Å². The van der Waals surface area contributed by atoms with Gasteiger partial charge in [-0.2, -0.15) is 5.26 Å². The van der Waals surface area contributed by atoms with Crippen molar-refractivity contribution in [1.82, 2.24) is 15.2 Å². The highest BCUT2D eigenvalue weighted by Crippen LogP contribution is 2.39. The van der Waals surface area contributed by atoms with Crippen molar-refractivity contribution >= 4 is 22.7 Å². The van der Waals surface area contributed by atoms with E-state index < -0.39 is 5.54 Å². The highest BCUT2D eigenvalue weighted by Gasteiger charge is 2.47. The van der Waals surface area contributed by atoms with Crippen LogP contribution < -0.4 is 10.1 Å². The normalized spacial score (nSPS) is 22.1. The Bertz CT molecular complexity index is 1370. The van der Waals surface area contributed by atoms with Crippen molar-refractivity contribution < 1.29 is 14.3 Å². The maximum absolute atomic E-state index is 13.8. The van der Waals surface area contributed by atoms with Crippen LogP contribution in [0.5, 0.6) is 5.75 Å². The lowest BCUT2D eigenvalue weighted by atomic mass is 9.77. The Labute approximate surface area is 216 Å². The fraction of sp³-hybridized carbons (Fsp3) is 0.433. The molecule has 2 fully saturated rings. The number of carbonyl (C=O) groups is 2. The number of para-hydroxylation sites is 1. The number of rotatable bonds is 6. The molecule has 2 N–H and O–H groups in total. The molecule has 7 nitrogen and oxygen atoms in total. The largest absolute Gasteiger partial charge is 0.487 e. The molecule has 1 aromatic heterocycles. The van der Waals surface area contributed by atoms with Crippen molar-refractivity contribution in [2.24, 2.45) is 11.8 Å². The van der Waals surface area contributed by atoms with E-state index in [-0.39, 0.29) is 23.7 Å². The van der Waals surface area contributed by atoms with Crippen LogP contribution in [0.2, 0.25) is 0 Å². The number of benzene rings is 2. The van der Waals surface area contributed by atoms with Crippen LogP contribution in [-0.4, -0.2) is 33.8 Å². The van der Waals surface area contributed by atoms with Gasteiger partial charge in [0, 0.05) is 48.0 Å². The topological polar surface area (TPSA) is 98.2 Å². The predicted octanol–water partition coefficient (Wildman–Crippen LogP) is 4.61. The Kier molecular flexibility index (Phi) is 6.11. The van der Waals surface area contributed by atoms with E-state index in [1.807, 2.05) is 47.4 Å². The molecular weight excluding hydrogens is 464 g/mol. The first-order chi connectivity index (χ1) is 18.1. The van der Waals surface area contributed by atoms with Gasteiger partial charge in [0.25, 0.3) is 0 Å². The van der Waals surface area contributed by atoms with E-state index in [0.29, 0.717) is 39.0 Å². The maximum Gasteiger partial charge on any atom is 0.226 e. The molecule has 37 heavy (non-hydrogen) atoms. The summed E-state index contributed by atoms with van der Waals surface area (Å²) in [4.78, 5) is 32.4. The van der Waals surface area contributed by atoms with Crippen LogP contribution in [0.4, 0.5) is 0 Å². The van der Waals surface area contributed by atoms with Crippen LogP contribution in [0.25, 0.3) is 10.9 Å². The summed E-state index contributed by atoms with van der Waals surface area (Å²) in [5.41, 5.74) is 3.67. The van der Waals surface area contributed by atoms with E-state index in [2.05, 4.69) is 22.4 Å². The Balaban J connectivity index is 1.19. The van der Waals surface area contributed by atoms with Gasteiger partial charge in [-0.05, 0) is 37.3 Å². The highest BCUT2D eigenvalue weighted by molar-refractivity contribution is 5.92. The first-order valence-electron chi connectivity index (χ1n) is 13.4. The van der Waals surface area contributed by atoms with Crippen LogP contribution in [0.15, 0.2) is 48.5 Å². The first kappa shape index (κ1) is 23.6. The minimum atomic E-state index is -0.702. The highest BCUT2D eigenvalue weighted by atomic mass is 16.5. The van der Waals surface area contributed by atoms with Crippen LogP contribution >= 0.6 is 0 Å². The number of hydrogen-bond donors (Lipinski definition) is 2. The van der Waals surface area contributed by atoms with Gasteiger partial charge in [0.15, 0.2) is 0 Å². The SMILES string of the molecule is N#CC1(NC(=O)[C@@H]2CCCCC2C(=O)N2CCc3[nH]c4c(OCc5ccccc5)cccc4c3C2)CC1. The first-order valence-corrected chi connectivity index (χ1v) is 13.4. The average Bonchev–Trinajstić information content (AvgIpc) is 3.62. The molecule has 190 valence electrons. The number of H-pyrrole nitrogens is 1.